The van der Waals surface area contributed by atoms with Gasteiger partial charge in [0.15, 0.2) is 0 Å². The smallest absolute Gasteiger partial charge is 0.251 e. The first kappa shape index (κ1) is 11.5. The highest BCUT2D eigenvalue weighted by atomic mass is 19.3. The Hall–Kier alpha value is -0.480. The van der Waals surface area contributed by atoms with Crippen LogP contribution in [-0.4, -0.2) is 44.6 Å². The molecule has 1 N–H and O–H groups in total. The molecule has 0 aliphatic heterocycles. The Morgan fingerprint density at radius 2 is 2.25 bits per heavy atom. The summed E-state index contributed by atoms with van der Waals surface area (Å²) in [5.41, 5.74) is 0. The summed E-state index contributed by atoms with van der Waals surface area (Å²) in [4.78, 5) is 1.60. The minimum Gasteiger partial charge on any atom is -0.312 e. The maximum Gasteiger partial charge on any atom is 0.251 e. The lowest BCUT2D eigenvalue weighted by Crippen LogP contribution is -2.32. The van der Waals surface area contributed by atoms with E-state index in [9.17, 15) is 8.78 Å². The Kier molecular flexibility index (Phi) is 6.90. The van der Waals surface area contributed by atoms with E-state index in [1.54, 1.807) is 18.0 Å². The molecule has 4 heteroatoms. The summed E-state index contributed by atoms with van der Waals surface area (Å²) < 4.78 is 23.6. The summed E-state index contributed by atoms with van der Waals surface area (Å²) in [7, 11) is 1.68. The number of alkyl halides is 2. The molecule has 0 saturated heterocycles. The molecule has 0 saturated carbocycles. The van der Waals surface area contributed by atoms with Crippen molar-refractivity contribution in [1.82, 2.24) is 10.2 Å². The van der Waals surface area contributed by atoms with E-state index in [4.69, 9.17) is 0 Å². The monoisotopic (exact) mass is 178 g/mol. The molecule has 0 radical (unpaired) electrons. The number of likely N-dealkylation sites (N-methyl/N-ethyl adjacent to an activating group) is 1. The van der Waals surface area contributed by atoms with E-state index in [2.05, 4.69) is 11.9 Å². The van der Waals surface area contributed by atoms with E-state index in [0.717, 1.165) is 13.1 Å². The molecule has 0 atom stereocenters. The Balaban J connectivity index is 3.19. The molecular formula is C8H16F2N2. The zero-order valence-corrected chi connectivity index (χ0v) is 7.39. The largest absolute Gasteiger partial charge is 0.312 e. The van der Waals surface area contributed by atoms with Crippen LogP contribution in [0, 0.1) is 0 Å². The summed E-state index contributed by atoms with van der Waals surface area (Å²) in [5, 5.41) is 3.03. The second-order valence-electron chi connectivity index (χ2n) is 2.65. The quantitative estimate of drug-likeness (QED) is 0.461. The van der Waals surface area contributed by atoms with Gasteiger partial charge in [-0.2, -0.15) is 0 Å². The van der Waals surface area contributed by atoms with Gasteiger partial charge in [0.05, 0.1) is 6.54 Å². The normalized spacial score (nSPS) is 11.1. The van der Waals surface area contributed by atoms with E-state index in [1.807, 2.05) is 0 Å². The Morgan fingerprint density at radius 3 is 2.75 bits per heavy atom. The third kappa shape index (κ3) is 7.63. The van der Waals surface area contributed by atoms with Gasteiger partial charge in [-0.25, -0.2) is 8.78 Å². The second-order valence-corrected chi connectivity index (χ2v) is 2.65. The topological polar surface area (TPSA) is 15.3 Å². The van der Waals surface area contributed by atoms with E-state index in [0.29, 0.717) is 6.54 Å². The molecule has 0 rings (SSSR count). The van der Waals surface area contributed by atoms with Crippen molar-refractivity contribution in [3.8, 4) is 0 Å². The van der Waals surface area contributed by atoms with Crippen molar-refractivity contribution in [3.05, 3.63) is 12.7 Å². The number of nitrogens with one attached hydrogen (secondary N) is 1. The van der Waals surface area contributed by atoms with Crippen molar-refractivity contribution < 1.29 is 8.78 Å². The minimum absolute atomic E-state index is 0.157. The number of hydrogen-bond donors (Lipinski definition) is 1. The maximum absolute atomic E-state index is 11.8. The standard InChI is InChI=1S/C8H16F2N2/c1-3-4-11-5-6-12(2)7-8(9)10/h3,8,11H,1,4-7H2,2H3. The average molecular weight is 178 g/mol. The van der Waals surface area contributed by atoms with Crippen molar-refractivity contribution >= 4 is 0 Å². The van der Waals surface area contributed by atoms with Crippen molar-refractivity contribution in [3.63, 3.8) is 0 Å². The molecule has 0 aromatic carbocycles. The molecule has 0 spiro atoms. The zero-order chi connectivity index (χ0) is 9.40. The van der Waals surface area contributed by atoms with Gasteiger partial charge in [0.25, 0.3) is 6.43 Å². The van der Waals surface area contributed by atoms with Crippen molar-refractivity contribution in [2.45, 2.75) is 6.43 Å². The minimum atomic E-state index is -2.24. The van der Waals surface area contributed by atoms with Gasteiger partial charge in [-0.05, 0) is 7.05 Å². The predicted molar refractivity (Wildman–Crippen MR) is 46.6 cm³/mol. The van der Waals surface area contributed by atoms with Crippen LogP contribution in [0.5, 0.6) is 0 Å². The molecule has 12 heavy (non-hydrogen) atoms. The van der Waals surface area contributed by atoms with Gasteiger partial charge in [0.2, 0.25) is 0 Å². The molecule has 0 heterocycles. The first-order valence-corrected chi connectivity index (χ1v) is 3.95. The van der Waals surface area contributed by atoms with Crippen LogP contribution in [0.15, 0.2) is 12.7 Å². The summed E-state index contributed by atoms with van der Waals surface area (Å²) in [6.07, 6.45) is -0.498. The van der Waals surface area contributed by atoms with Gasteiger partial charge in [-0.1, -0.05) is 6.08 Å². The van der Waals surface area contributed by atoms with Gasteiger partial charge in [0.1, 0.15) is 0 Å². The fourth-order valence-electron chi connectivity index (χ4n) is 0.801. The number of halogens is 2. The van der Waals surface area contributed by atoms with Gasteiger partial charge in [-0.15, -0.1) is 6.58 Å². The molecule has 2 nitrogen and oxygen atoms in total. The predicted octanol–water partition coefficient (Wildman–Crippen LogP) is 0.959. The SMILES string of the molecule is C=CCNCCN(C)CC(F)F. The van der Waals surface area contributed by atoms with Gasteiger partial charge in [0, 0.05) is 19.6 Å². The maximum atomic E-state index is 11.8. The molecule has 0 amide bonds. The van der Waals surface area contributed by atoms with Crippen LogP contribution in [0.4, 0.5) is 8.78 Å². The fourth-order valence-corrected chi connectivity index (χ4v) is 0.801. The molecular weight excluding hydrogens is 162 g/mol. The molecule has 0 bridgehead atoms. The third-order valence-electron chi connectivity index (χ3n) is 1.41. The summed E-state index contributed by atoms with van der Waals surface area (Å²) in [6, 6.07) is 0. The lowest BCUT2D eigenvalue weighted by atomic mass is 10.5. The highest BCUT2D eigenvalue weighted by Crippen LogP contribution is 1.93. The van der Waals surface area contributed by atoms with Crippen molar-refractivity contribution in [2.75, 3.05) is 33.2 Å². The van der Waals surface area contributed by atoms with Crippen LogP contribution in [0.3, 0.4) is 0 Å². The lowest BCUT2D eigenvalue weighted by Gasteiger charge is -2.15. The summed E-state index contributed by atoms with van der Waals surface area (Å²) in [6.45, 7) is 5.45. The molecule has 0 aromatic heterocycles. The molecule has 72 valence electrons. The van der Waals surface area contributed by atoms with Gasteiger partial charge in [-0.3, -0.25) is 4.90 Å². The molecule has 0 fully saturated rings. The first-order chi connectivity index (χ1) is 5.66. The van der Waals surface area contributed by atoms with E-state index < -0.39 is 6.43 Å². The Bertz CT molecular complexity index is 118. The van der Waals surface area contributed by atoms with Crippen LogP contribution in [-0.2, 0) is 0 Å². The van der Waals surface area contributed by atoms with E-state index in [1.165, 1.54) is 0 Å². The number of rotatable bonds is 7. The first-order valence-electron chi connectivity index (χ1n) is 3.95. The van der Waals surface area contributed by atoms with E-state index in [-0.39, 0.29) is 6.54 Å². The van der Waals surface area contributed by atoms with Crippen LogP contribution < -0.4 is 5.32 Å². The molecule has 0 aromatic rings. The van der Waals surface area contributed by atoms with Crippen LogP contribution >= 0.6 is 0 Å². The average Bonchev–Trinajstić information content (AvgIpc) is 1.97. The van der Waals surface area contributed by atoms with E-state index >= 15 is 0 Å². The van der Waals surface area contributed by atoms with Crippen molar-refractivity contribution in [2.24, 2.45) is 0 Å². The summed E-state index contributed by atoms with van der Waals surface area (Å²) in [5.74, 6) is 0. The highest BCUT2D eigenvalue weighted by molar-refractivity contribution is 4.69. The summed E-state index contributed by atoms with van der Waals surface area (Å²) >= 11 is 0. The van der Waals surface area contributed by atoms with Crippen LogP contribution in [0.2, 0.25) is 0 Å². The second kappa shape index (κ2) is 7.18. The Labute approximate surface area is 72.2 Å². The van der Waals surface area contributed by atoms with Crippen LogP contribution in [0.1, 0.15) is 0 Å². The highest BCUT2D eigenvalue weighted by Gasteiger charge is 2.05. The van der Waals surface area contributed by atoms with Gasteiger partial charge < -0.3 is 5.32 Å². The van der Waals surface area contributed by atoms with Gasteiger partial charge >= 0.3 is 0 Å². The van der Waals surface area contributed by atoms with Crippen LogP contribution in [0.25, 0.3) is 0 Å². The number of nitrogens with zero attached hydrogens (tertiary/aromatic N) is 1. The molecule has 0 aliphatic rings. The zero-order valence-electron chi connectivity index (χ0n) is 7.39. The van der Waals surface area contributed by atoms with Crippen molar-refractivity contribution in [1.29, 1.82) is 0 Å². The fraction of sp³-hybridized carbons (Fsp3) is 0.750. The lowest BCUT2D eigenvalue weighted by molar-refractivity contribution is 0.101. The Morgan fingerprint density at radius 1 is 1.58 bits per heavy atom. The third-order valence-corrected chi connectivity index (χ3v) is 1.41. The molecule has 0 aliphatic carbocycles. The molecule has 0 unspecified atom stereocenters. The number of hydrogen-bond acceptors (Lipinski definition) is 2.